The van der Waals surface area contributed by atoms with Crippen LogP contribution in [-0.4, -0.2) is 34.0 Å². The van der Waals surface area contributed by atoms with Gasteiger partial charge >= 0.3 is 5.24 Å². The minimum atomic E-state index is -0.321. The number of aromatic hydroxyl groups is 1. The zero-order valence-electron chi connectivity index (χ0n) is 17.1. The predicted molar refractivity (Wildman–Crippen MR) is 124 cm³/mol. The Labute approximate surface area is 188 Å². The Morgan fingerprint density at radius 2 is 1.97 bits per heavy atom. The number of phenolic OH excluding ortho intramolecular Hbond substituents is 1. The van der Waals surface area contributed by atoms with Crippen molar-refractivity contribution in [1.82, 2.24) is 5.01 Å². The number of amides is 1. The number of carbonyl (C=O) groups excluding carboxylic acids is 1. The van der Waals surface area contributed by atoms with Gasteiger partial charge in [0.05, 0.1) is 30.0 Å². The summed E-state index contributed by atoms with van der Waals surface area (Å²) in [5.74, 6) is 1.98. The van der Waals surface area contributed by atoms with E-state index in [1.165, 1.54) is 0 Å². The van der Waals surface area contributed by atoms with Crippen molar-refractivity contribution in [1.29, 1.82) is 0 Å². The molecule has 0 fully saturated rings. The smallest absolute Gasteiger partial charge is 0.311 e. The van der Waals surface area contributed by atoms with Gasteiger partial charge in [-0.1, -0.05) is 18.2 Å². The maximum absolute atomic E-state index is 12.2. The molecule has 160 valence electrons. The summed E-state index contributed by atoms with van der Waals surface area (Å²) in [7, 11) is 1.62. The Morgan fingerprint density at radius 3 is 2.69 bits per heavy atom. The van der Waals surface area contributed by atoms with E-state index < -0.39 is 0 Å². The molecule has 1 amide bonds. The number of benzene rings is 2. The number of hydrogen-bond acceptors (Lipinski definition) is 7. The van der Waals surface area contributed by atoms with Gasteiger partial charge in [-0.05, 0) is 65.9 Å². The van der Waals surface area contributed by atoms with Crippen LogP contribution in [0.1, 0.15) is 29.3 Å². The SMILES string of the molecule is COc1ccc(C2=NN(C3=NC(=O)S/C3=C\c3ccco3)C(c3ccccc3O)C2)cc1. The van der Waals surface area contributed by atoms with Crippen LogP contribution in [0.25, 0.3) is 6.08 Å². The summed E-state index contributed by atoms with van der Waals surface area (Å²) in [5, 5.41) is 16.8. The summed E-state index contributed by atoms with van der Waals surface area (Å²) >= 11 is 1.03. The van der Waals surface area contributed by atoms with E-state index in [1.807, 2.05) is 42.5 Å². The van der Waals surface area contributed by atoms with Gasteiger partial charge < -0.3 is 14.3 Å². The molecule has 0 aliphatic carbocycles. The molecule has 7 nitrogen and oxygen atoms in total. The van der Waals surface area contributed by atoms with Crippen molar-refractivity contribution < 1.29 is 19.1 Å². The van der Waals surface area contributed by atoms with Gasteiger partial charge in [-0.25, -0.2) is 5.01 Å². The highest BCUT2D eigenvalue weighted by molar-refractivity contribution is 8.18. The van der Waals surface area contributed by atoms with Crippen LogP contribution in [0.2, 0.25) is 0 Å². The highest BCUT2D eigenvalue weighted by atomic mass is 32.2. The van der Waals surface area contributed by atoms with Crippen molar-refractivity contribution in [3.63, 3.8) is 0 Å². The summed E-state index contributed by atoms with van der Waals surface area (Å²) < 4.78 is 10.7. The summed E-state index contributed by atoms with van der Waals surface area (Å²) in [4.78, 5) is 17.1. The third kappa shape index (κ3) is 3.80. The normalized spacial score (nSPS) is 19.4. The second-order valence-electron chi connectivity index (χ2n) is 7.23. The Kier molecular flexibility index (Phi) is 5.28. The fourth-order valence-electron chi connectivity index (χ4n) is 3.74. The molecular formula is C24H19N3O4S. The molecule has 0 spiro atoms. The molecule has 3 heterocycles. The van der Waals surface area contributed by atoms with E-state index in [-0.39, 0.29) is 17.0 Å². The van der Waals surface area contributed by atoms with Crippen molar-refractivity contribution in [2.24, 2.45) is 10.1 Å². The molecule has 1 unspecified atom stereocenters. The first-order chi connectivity index (χ1) is 15.6. The number of amidine groups is 1. The molecule has 32 heavy (non-hydrogen) atoms. The van der Waals surface area contributed by atoms with Gasteiger partial charge in [0.15, 0.2) is 5.84 Å². The van der Waals surface area contributed by atoms with Crippen LogP contribution < -0.4 is 4.74 Å². The Hall–Kier alpha value is -3.78. The van der Waals surface area contributed by atoms with Crippen LogP contribution in [-0.2, 0) is 0 Å². The summed E-state index contributed by atoms with van der Waals surface area (Å²) in [6, 6.07) is 18.1. The van der Waals surface area contributed by atoms with Crippen molar-refractivity contribution in [2.75, 3.05) is 7.11 Å². The number of nitrogens with zero attached hydrogens (tertiary/aromatic N) is 3. The quantitative estimate of drug-likeness (QED) is 0.574. The van der Waals surface area contributed by atoms with E-state index in [0.29, 0.717) is 28.5 Å². The Balaban J connectivity index is 1.58. The van der Waals surface area contributed by atoms with Gasteiger partial charge in [-0.15, -0.1) is 0 Å². The second kappa shape index (κ2) is 8.39. The summed E-state index contributed by atoms with van der Waals surface area (Å²) in [5.41, 5.74) is 2.47. The van der Waals surface area contributed by atoms with E-state index in [0.717, 1.165) is 28.8 Å². The van der Waals surface area contributed by atoms with Gasteiger partial charge in [-0.3, -0.25) is 4.79 Å². The molecule has 1 N–H and O–H groups in total. The number of aliphatic imine (C=N–C) groups is 1. The van der Waals surface area contributed by atoms with Crippen molar-refractivity contribution >= 4 is 34.6 Å². The molecule has 2 aliphatic heterocycles. The molecule has 3 aromatic rings. The maximum atomic E-state index is 12.2. The number of ether oxygens (including phenoxy) is 1. The standard InChI is InChI=1S/C24H19N3O4S/c1-30-16-10-8-15(9-11-16)19-14-20(18-6-2-3-7-21(18)28)27(26-19)23-22(32-24(29)25-23)13-17-5-4-12-31-17/h2-13,20,28H,14H2,1H3/b22-13-. The van der Waals surface area contributed by atoms with Crippen LogP contribution in [0.5, 0.6) is 11.5 Å². The summed E-state index contributed by atoms with van der Waals surface area (Å²) in [6.45, 7) is 0. The molecule has 1 atom stereocenters. The molecule has 0 bridgehead atoms. The van der Waals surface area contributed by atoms with Crippen molar-refractivity contribution in [3.8, 4) is 11.5 Å². The number of phenols is 1. The third-order valence-electron chi connectivity index (χ3n) is 5.28. The van der Waals surface area contributed by atoms with Crippen LogP contribution in [0.3, 0.4) is 0 Å². The van der Waals surface area contributed by atoms with Gasteiger partial charge in [-0.2, -0.15) is 10.1 Å². The largest absolute Gasteiger partial charge is 0.508 e. The molecule has 0 radical (unpaired) electrons. The van der Waals surface area contributed by atoms with Crippen molar-refractivity contribution in [2.45, 2.75) is 12.5 Å². The Morgan fingerprint density at radius 1 is 1.16 bits per heavy atom. The lowest BCUT2D eigenvalue weighted by Gasteiger charge is -2.24. The van der Waals surface area contributed by atoms with E-state index >= 15 is 0 Å². The first-order valence-electron chi connectivity index (χ1n) is 9.97. The van der Waals surface area contributed by atoms with E-state index in [4.69, 9.17) is 14.3 Å². The topological polar surface area (TPSA) is 87.6 Å². The van der Waals surface area contributed by atoms with Gasteiger partial charge in [0.1, 0.15) is 17.3 Å². The molecule has 0 saturated carbocycles. The molecule has 2 aromatic carbocycles. The van der Waals surface area contributed by atoms with E-state index in [2.05, 4.69) is 4.99 Å². The predicted octanol–water partition coefficient (Wildman–Crippen LogP) is 5.45. The van der Waals surface area contributed by atoms with Gasteiger partial charge in [0, 0.05) is 12.0 Å². The average Bonchev–Trinajstić information content (AvgIpc) is 3.55. The lowest BCUT2D eigenvalue weighted by atomic mass is 9.97. The highest BCUT2D eigenvalue weighted by Gasteiger charge is 2.38. The minimum Gasteiger partial charge on any atom is -0.508 e. The number of hydrogen-bond donors (Lipinski definition) is 1. The average molecular weight is 446 g/mol. The molecule has 1 aromatic heterocycles. The number of furan rings is 1. The van der Waals surface area contributed by atoms with Gasteiger partial charge in [0.25, 0.3) is 0 Å². The lowest BCUT2D eigenvalue weighted by molar-refractivity contribution is 0.267. The maximum Gasteiger partial charge on any atom is 0.311 e. The first-order valence-corrected chi connectivity index (χ1v) is 10.8. The lowest BCUT2D eigenvalue weighted by Crippen LogP contribution is -2.26. The molecule has 0 saturated heterocycles. The van der Waals surface area contributed by atoms with Crippen LogP contribution in [0.15, 0.2) is 86.3 Å². The van der Waals surface area contributed by atoms with Crippen LogP contribution in [0.4, 0.5) is 4.79 Å². The molecule has 2 aliphatic rings. The fourth-order valence-corrected chi connectivity index (χ4v) is 4.47. The van der Waals surface area contributed by atoms with Crippen molar-refractivity contribution in [3.05, 3.63) is 88.7 Å². The summed E-state index contributed by atoms with van der Waals surface area (Å²) in [6.07, 6.45) is 3.89. The number of carbonyl (C=O) groups is 1. The number of para-hydroxylation sites is 1. The molecular weight excluding hydrogens is 426 g/mol. The van der Waals surface area contributed by atoms with Gasteiger partial charge in [0.2, 0.25) is 0 Å². The van der Waals surface area contributed by atoms with Crippen LogP contribution >= 0.6 is 11.8 Å². The third-order valence-corrected chi connectivity index (χ3v) is 6.06. The minimum absolute atomic E-state index is 0.169. The molecule has 8 heteroatoms. The molecule has 5 rings (SSSR count). The zero-order chi connectivity index (χ0) is 22.1. The number of thioether (sulfide) groups is 1. The van der Waals surface area contributed by atoms with E-state index in [9.17, 15) is 9.90 Å². The highest BCUT2D eigenvalue weighted by Crippen LogP contribution is 2.41. The monoisotopic (exact) mass is 445 g/mol. The zero-order valence-corrected chi connectivity index (χ0v) is 18.0. The van der Waals surface area contributed by atoms with E-state index in [1.54, 1.807) is 42.7 Å². The fraction of sp³-hybridized carbons (Fsp3) is 0.125. The first kappa shape index (κ1) is 20.1. The second-order valence-corrected chi connectivity index (χ2v) is 8.22. The Bertz CT molecular complexity index is 1250. The number of methoxy groups -OCH3 is 1. The number of hydrazone groups is 1. The van der Waals surface area contributed by atoms with Crippen LogP contribution in [0, 0.1) is 0 Å². The number of rotatable bonds is 4.